The van der Waals surface area contributed by atoms with Crippen molar-refractivity contribution in [2.75, 3.05) is 0 Å². The van der Waals surface area contributed by atoms with Crippen LogP contribution in [0.4, 0.5) is 0 Å². The molecule has 1 aliphatic rings. The van der Waals surface area contributed by atoms with Gasteiger partial charge in [-0.2, -0.15) is 0 Å². The van der Waals surface area contributed by atoms with Crippen molar-refractivity contribution in [3.63, 3.8) is 0 Å². The monoisotopic (exact) mass is 108 g/mol. The second-order valence-corrected chi connectivity index (χ2v) is 2.03. The number of rotatable bonds is 2. The van der Waals surface area contributed by atoms with Crippen molar-refractivity contribution < 1.29 is 25.0 Å². The zero-order valence-corrected chi connectivity index (χ0v) is 5.98. The molecule has 1 saturated heterocycles. The van der Waals surface area contributed by atoms with Crippen molar-refractivity contribution in [2.45, 2.75) is 38.9 Å². The molecular weight excluding hydrogens is 95.0 g/mol. The van der Waals surface area contributed by atoms with Crippen molar-refractivity contribution in [3.8, 4) is 0 Å². The summed E-state index contributed by atoms with van der Waals surface area (Å²) in [7, 11) is 0. The second-order valence-electron chi connectivity index (χ2n) is 2.03. The van der Waals surface area contributed by atoms with Crippen LogP contribution >= 0.6 is 0 Å². The Morgan fingerprint density at radius 3 is 1.75 bits per heavy atom. The summed E-state index contributed by atoms with van der Waals surface area (Å²) in [6, 6.07) is 0. The number of hydrogen-bond acceptors (Lipinski definition) is 1. The van der Waals surface area contributed by atoms with E-state index in [-0.39, 0.29) is 20.3 Å². The molecular formula is C6H13LiO. The predicted molar refractivity (Wildman–Crippen MR) is 30.4 cm³/mol. The predicted octanol–water partition coefficient (Wildman–Crippen LogP) is -1.31. The Kier molecular flexibility index (Phi) is 3.81. The van der Waals surface area contributed by atoms with E-state index in [0.29, 0.717) is 12.2 Å². The van der Waals surface area contributed by atoms with Crippen molar-refractivity contribution in [1.29, 1.82) is 0 Å². The summed E-state index contributed by atoms with van der Waals surface area (Å²) in [5.74, 6) is 0. The first-order valence-corrected chi connectivity index (χ1v) is 3.04. The first-order chi connectivity index (χ1) is 3.38. The Bertz CT molecular complexity index is 62.1. The molecule has 2 unspecified atom stereocenters. The number of ether oxygens (including phenoxy) is 1. The number of hydrogen-bond donors (Lipinski definition) is 0. The molecule has 0 bridgehead atoms. The van der Waals surface area contributed by atoms with Gasteiger partial charge in [0.15, 0.2) is 0 Å². The van der Waals surface area contributed by atoms with Crippen LogP contribution in [0, 0.1) is 0 Å². The van der Waals surface area contributed by atoms with Gasteiger partial charge in [0.2, 0.25) is 0 Å². The van der Waals surface area contributed by atoms with E-state index in [1.165, 1.54) is 12.8 Å². The Balaban J connectivity index is 0. The Morgan fingerprint density at radius 1 is 1.25 bits per heavy atom. The maximum atomic E-state index is 5.22. The van der Waals surface area contributed by atoms with Crippen LogP contribution in [0.25, 0.3) is 0 Å². The average molecular weight is 108 g/mol. The smallest absolute Gasteiger partial charge is 1.00 e. The third-order valence-corrected chi connectivity index (χ3v) is 1.49. The average Bonchev–Trinajstić information content (AvgIpc) is 2.43. The first-order valence-electron chi connectivity index (χ1n) is 3.04. The zero-order valence-electron chi connectivity index (χ0n) is 6.98. The minimum absolute atomic E-state index is 0. The van der Waals surface area contributed by atoms with E-state index in [0.717, 1.165) is 0 Å². The fourth-order valence-corrected chi connectivity index (χ4v) is 0.897. The van der Waals surface area contributed by atoms with Gasteiger partial charge in [0.1, 0.15) is 0 Å². The summed E-state index contributed by atoms with van der Waals surface area (Å²) >= 11 is 0. The fraction of sp³-hybridized carbons (Fsp3) is 1.00. The van der Waals surface area contributed by atoms with Gasteiger partial charge in [-0.15, -0.1) is 0 Å². The summed E-state index contributed by atoms with van der Waals surface area (Å²) in [5, 5.41) is 0. The molecule has 1 rings (SSSR count). The Hall–Kier alpha value is 0.557. The van der Waals surface area contributed by atoms with E-state index < -0.39 is 0 Å². The molecule has 8 heavy (non-hydrogen) atoms. The van der Waals surface area contributed by atoms with Gasteiger partial charge in [-0.05, 0) is 12.8 Å². The Labute approximate surface area is 64.5 Å². The third kappa shape index (κ3) is 1.82. The van der Waals surface area contributed by atoms with Crippen LogP contribution in [0.1, 0.15) is 28.1 Å². The molecule has 0 saturated carbocycles. The maximum Gasteiger partial charge on any atom is 1.00 e. The molecule has 0 spiro atoms. The van der Waals surface area contributed by atoms with E-state index >= 15 is 0 Å². The number of epoxide rings is 1. The molecule has 1 nitrogen and oxygen atoms in total. The van der Waals surface area contributed by atoms with Gasteiger partial charge in [-0.1, -0.05) is 13.8 Å². The minimum Gasteiger partial charge on any atom is -1.00 e. The molecule has 0 aromatic rings. The van der Waals surface area contributed by atoms with Crippen molar-refractivity contribution in [3.05, 3.63) is 0 Å². The maximum absolute atomic E-state index is 5.22. The molecule has 0 aliphatic carbocycles. The summed E-state index contributed by atoms with van der Waals surface area (Å²) in [6.07, 6.45) is 3.62. The zero-order chi connectivity index (χ0) is 5.28. The van der Waals surface area contributed by atoms with Gasteiger partial charge in [0.25, 0.3) is 0 Å². The van der Waals surface area contributed by atoms with Crippen LogP contribution in [-0.2, 0) is 4.74 Å². The van der Waals surface area contributed by atoms with Crippen LogP contribution in [0.2, 0.25) is 0 Å². The van der Waals surface area contributed by atoms with Gasteiger partial charge in [0, 0.05) is 0 Å². The van der Waals surface area contributed by atoms with Crippen molar-refractivity contribution >= 4 is 0 Å². The Morgan fingerprint density at radius 2 is 1.62 bits per heavy atom. The van der Waals surface area contributed by atoms with E-state index in [9.17, 15) is 0 Å². The minimum atomic E-state index is 0. The summed E-state index contributed by atoms with van der Waals surface area (Å²) in [6.45, 7) is 4.33. The molecule has 0 N–H and O–H groups in total. The van der Waals surface area contributed by atoms with Crippen LogP contribution < -0.4 is 18.9 Å². The van der Waals surface area contributed by atoms with Crippen molar-refractivity contribution in [1.82, 2.24) is 0 Å². The molecule has 44 valence electrons. The van der Waals surface area contributed by atoms with Gasteiger partial charge >= 0.3 is 18.9 Å². The topological polar surface area (TPSA) is 12.5 Å². The molecule has 0 aromatic heterocycles. The van der Waals surface area contributed by atoms with E-state index in [2.05, 4.69) is 13.8 Å². The van der Waals surface area contributed by atoms with E-state index in [1.807, 2.05) is 0 Å². The van der Waals surface area contributed by atoms with Gasteiger partial charge in [-0.3, -0.25) is 0 Å². The quantitative estimate of drug-likeness (QED) is 0.316. The molecule has 1 aliphatic heterocycles. The normalized spacial score (nSPS) is 33.8. The largest absolute Gasteiger partial charge is 1.00 e. The van der Waals surface area contributed by atoms with Gasteiger partial charge in [0.05, 0.1) is 12.2 Å². The molecule has 0 radical (unpaired) electrons. The van der Waals surface area contributed by atoms with Crippen LogP contribution in [-0.4, -0.2) is 12.2 Å². The summed E-state index contributed by atoms with van der Waals surface area (Å²) in [4.78, 5) is 0. The standard InChI is InChI=1S/C6H12O.Li.H/c1-3-5-6(4-2)7-5;;/h5-6H,3-4H2,1-2H3;;/q;+1;-1. The van der Waals surface area contributed by atoms with Crippen LogP contribution in [0.3, 0.4) is 0 Å². The van der Waals surface area contributed by atoms with Crippen LogP contribution in [0.15, 0.2) is 0 Å². The molecule has 0 aromatic carbocycles. The van der Waals surface area contributed by atoms with E-state index in [4.69, 9.17) is 4.74 Å². The molecule has 2 heteroatoms. The summed E-state index contributed by atoms with van der Waals surface area (Å²) in [5.41, 5.74) is 0. The molecule has 2 atom stereocenters. The second kappa shape index (κ2) is 3.56. The van der Waals surface area contributed by atoms with Gasteiger partial charge in [-0.25, -0.2) is 0 Å². The molecule has 1 fully saturated rings. The van der Waals surface area contributed by atoms with Crippen molar-refractivity contribution in [2.24, 2.45) is 0 Å². The third-order valence-electron chi connectivity index (χ3n) is 1.49. The van der Waals surface area contributed by atoms with Crippen LogP contribution in [0.5, 0.6) is 0 Å². The van der Waals surface area contributed by atoms with Gasteiger partial charge < -0.3 is 6.16 Å². The first kappa shape index (κ1) is 8.56. The molecule has 0 amide bonds. The van der Waals surface area contributed by atoms with E-state index in [1.54, 1.807) is 0 Å². The fourth-order valence-electron chi connectivity index (χ4n) is 0.897. The molecule has 1 heterocycles. The SMILES string of the molecule is CCC1OC1CC.[H-].[Li+]. The summed E-state index contributed by atoms with van der Waals surface area (Å²) < 4.78 is 5.22.